The van der Waals surface area contributed by atoms with Crippen LogP contribution in [0.2, 0.25) is 0 Å². The molecule has 0 amide bonds. The van der Waals surface area contributed by atoms with Gasteiger partial charge < -0.3 is 14.2 Å². The van der Waals surface area contributed by atoms with E-state index in [-0.39, 0.29) is 34.4 Å². The number of allylic oxidation sites excluding steroid dienone is 6. The van der Waals surface area contributed by atoms with E-state index in [2.05, 4.69) is 186 Å². The number of nitrogens with zero attached hydrogens (tertiary/aromatic N) is 2. The summed E-state index contributed by atoms with van der Waals surface area (Å²) in [4.78, 5) is 5.51. The first-order valence-corrected chi connectivity index (χ1v) is 24.4. The zero-order valence-corrected chi connectivity index (χ0v) is 41.1. The van der Waals surface area contributed by atoms with E-state index in [1.54, 1.807) is 16.7 Å². The third kappa shape index (κ3) is 6.91. The van der Waals surface area contributed by atoms with Gasteiger partial charge in [-0.2, -0.15) is 0 Å². The molecule has 3 aliphatic carbocycles. The highest BCUT2D eigenvalue weighted by Gasteiger charge is 2.56. The highest BCUT2D eigenvalue weighted by atomic mass is 16.3. The van der Waals surface area contributed by atoms with Gasteiger partial charge >= 0.3 is 0 Å². The molecule has 3 aromatic carbocycles. The fraction of sp³-hybridized carbons (Fsp3) is 0.517. The molecule has 4 heteroatoms. The minimum Gasteiger partial charge on any atom is -0.468 e. The second-order valence-electron chi connectivity index (χ2n) is 23.7. The van der Waals surface area contributed by atoms with Crippen molar-refractivity contribution in [1.82, 2.24) is 0 Å². The fourth-order valence-corrected chi connectivity index (χ4v) is 12.6. The van der Waals surface area contributed by atoms with Crippen LogP contribution in [0, 0.1) is 35.5 Å². The van der Waals surface area contributed by atoms with Crippen molar-refractivity contribution in [2.75, 3.05) is 9.80 Å². The highest BCUT2D eigenvalue weighted by Crippen LogP contribution is 2.61. The predicted octanol–water partition coefficient (Wildman–Crippen LogP) is 15.2. The minimum absolute atomic E-state index is 0.0187. The standard InChI is InChI=1S/C58H75BN2O/c1-16-20-36(4)42(17-2)38-23-24-47(37(5)29-38)61-48-34-45-44(57(12,13)25-26-58(45,14)15)33-46(48)59-52-49(27-35(3)28-50(52)61)60(53-43-21-18-19-22-51(43)62-54(53)59)41-31-39(55(6,7)8)30-40(32-41)56(9,10)11/h18-19,21-24,27-32,37,44-45,47H,16-17,20,25-26,33-34H2,1-15H3/b42-36+. The monoisotopic (exact) mass is 827 g/mol. The quantitative estimate of drug-likeness (QED) is 0.181. The Hall–Kier alpha value is -4.18. The number of anilines is 4. The molecule has 0 radical (unpaired) electrons. The van der Waals surface area contributed by atoms with Gasteiger partial charge in [-0.25, -0.2) is 0 Å². The van der Waals surface area contributed by atoms with E-state index in [4.69, 9.17) is 4.42 Å². The number of rotatable bonds is 6. The van der Waals surface area contributed by atoms with Crippen LogP contribution in [0.3, 0.4) is 0 Å². The van der Waals surface area contributed by atoms with Crippen molar-refractivity contribution >= 4 is 51.6 Å². The van der Waals surface area contributed by atoms with Crippen molar-refractivity contribution in [2.45, 2.75) is 166 Å². The molecule has 4 unspecified atom stereocenters. The first-order valence-electron chi connectivity index (χ1n) is 24.4. The average Bonchev–Trinajstić information content (AvgIpc) is 3.58. The SMILES string of the molecule is CCC/C(C)=C(\CC)C1=CC(C)C(N2C3=C(CC4C(C3)C(C)(C)CCC4(C)C)B3c4oc5ccccc5c4N(c4cc(C(C)(C)C)cc(C(C)(C)C)c4)c4cc(C)cc2c43)C=C1. The molecule has 62 heavy (non-hydrogen) atoms. The Bertz CT molecular complexity index is 2540. The zero-order chi connectivity index (χ0) is 44.4. The molecule has 1 aromatic heterocycles. The molecule has 0 saturated heterocycles. The molecule has 1 fully saturated rings. The van der Waals surface area contributed by atoms with E-state index in [9.17, 15) is 0 Å². The van der Waals surface area contributed by atoms with Crippen LogP contribution in [0.5, 0.6) is 0 Å². The number of furan rings is 1. The minimum atomic E-state index is -0.0187. The lowest BCUT2D eigenvalue weighted by Gasteiger charge is -2.58. The van der Waals surface area contributed by atoms with Gasteiger partial charge in [-0.3, -0.25) is 0 Å². The summed E-state index contributed by atoms with van der Waals surface area (Å²) in [6.07, 6.45) is 15.9. The Balaban J connectivity index is 1.34. The molecule has 3 nitrogen and oxygen atoms in total. The number of para-hydroxylation sites is 1. The molecule has 9 rings (SSSR count). The predicted molar refractivity (Wildman–Crippen MR) is 269 cm³/mol. The van der Waals surface area contributed by atoms with E-state index in [0.717, 1.165) is 36.9 Å². The summed E-state index contributed by atoms with van der Waals surface area (Å²) in [5, 5.41) is 1.20. The molecule has 0 spiro atoms. The van der Waals surface area contributed by atoms with Gasteiger partial charge in [0.1, 0.15) is 5.58 Å². The summed E-state index contributed by atoms with van der Waals surface area (Å²) < 4.78 is 7.37. The third-order valence-electron chi connectivity index (χ3n) is 16.4. The van der Waals surface area contributed by atoms with Gasteiger partial charge in [-0.05, 0) is 161 Å². The largest absolute Gasteiger partial charge is 0.468 e. The van der Waals surface area contributed by atoms with Crippen molar-refractivity contribution in [3.05, 3.63) is 117 Å². The van der Waals surface area contributed by atoms with Crippen LogP contribution >= 0.6 is 0 Å². The summed E-state index contributed by atoms with van der Waals surface area (Å²) in [6.45, 7) is 36.4. The topological polar surface area (TPSA) is 19.6 Å². The van der Waals surface area contributed by atoms with E-state index in [0.29, 0.717) is 17.8 Å². The number of aryl methyl sites for hydroxylation is 1. The van der Waals surface area contributed by atoms with Gasteiger partial charge in [0.25, 0.3) is 6.71 Å². The van der Waals surface area contributed by atoms with Crippen LogP contribution in [0.25, 0.3) is 11.0 Å². The van der Waals surface area contributed by atoms with Crippen LogP contribution in [0.4, 0.5) is 22.7 Å². The second-order valence-corrected chi connectivity index (χ2v) is 23.7. The lowest BCUT2D eigenvalue weighted by molar-refractivity contribution is -0.0237. The van der Waals surface area contributed by atoms with Crippen LogP contribution < -0.4 is 20.9 Å². The summed E-state index contributed by atoms with van der Waals surface area (Å²) in [5.74, 6) is 1.56. The Morgan fingerprint density at radius 1 is 0.839 bits per heavy atom. The molecule has 5 aliphatic rings. The van der Waals surface area contributed by atoms with E-state index in [1.807, 2.05) is 0 Å². The summed E-state index contributed by atoms with van der Waals surface area (Å²) in [7, 11) is 0. The zero-order valence-electron chi connectivity index (χ0n) is 41.1. The average molecular weight is 827 g/mol. The maximum Gasteiger partial charge on any atom is 0.292 e. The van der Waals surface area contributed by atoms with Gasteiger partial charge in [-0.1, -0.05) is 144 Å². The molecule has 0 N–H and O–H groups in total. The Morgan fingerprint density at radius 3 is 2.08 bits per heavy atom. The molecule has 4 atom stereocenters. The summed E-state index contributed by atoms with van der Waals surface area (Å²) >= 11 is 0. The lowest BCUT2D eigenvalue weighted by Crippen LogP contribution is -2.61. The summed E-state index contributed by atoms with van der Waals surface area (Å²) in [6, 6.07) is 21.5. The van der Waals surface area contributed by atoms with E-state index >= 15 is 0 Å². The number of hydrogen-bond acceptors (Lipinski definition) is 3. The molecule has 1 saturated carbocycles. The van der Waals surface area contributed by atoms with Crippen LogP contribution in [0.15, 0.2) is 105 Å². The van der Waals surface area contributed by atoms with Crippen molar-refractivity contribution in [3.8, 4) is 0 Å². The van der Waals surface area contributed by atoms with Gasteiger partial charge in [0.2, 0.25) is 0 Å². The van der Waals surface area contributed by atoms with Gasteiger partial charge in [0.05, 0.1) is 17.4 Å². The fourth-order valence-electron chi connectivity index (χ4n) is 12.6. The van der Waals surface area contributed by atoms with Crippen molar-refractivity contribution < 1.29 is 4.42 Å². The Labute approximate surface area is 375 Å². The molecule has 4 aromatic rings. The normalized spacial score (nSPS) is 24.4. The smallest absolute Gasteiger partial charge is 0.292 e. The number of hydrogen-bond donors (Lipinski definition) is 0. The van der Waals surface area contributed by atoms with Crippen LogP contribution in [0.1, 0.15) is 159 Å². The van der Waals surface area contributed by atoms with E-state index in [1.165, 1.54) is 80.7 Å². The van der Waals surface area contributed by atoms with Gasteiger partial charge in [-0.15, -0.1) is 0 Å². The van der Waals surface area contributed by atoms with Crippen molar-refractivity contribution in [3.63, 3.8) is 0 Å². The Morgan fingerprint density at radius 2 is 1.47 bits per heavy atom. The van der Waals surface area contributed by atoms with Crippen molar-refractivity contribution in [1.29, 1.82) is 0 Å². The first-order chi connectivity index (χ1) is 29.1. The van der Waals surface area contributed by atoms with Crippen LogP contribution in [-0.2, 0) is 10.8 Å². The Kier molecular flexibility index (Phi) is 10.4. The second kappa shape index (κ2) is 15.0. The highest BCUT2D eigenvalue weighted by molar-refractivity contribution is 6.94. The van der Waals surface area contributed by atoms with Crippen LogP contribution in [-0.4, -0.2) is 12.8 Å². The number of fused-ring (bicyclic) bond motifs is 6. The number of benzene rings is 3. The molecule has 2 aliphatic heterocycles. The lowest BCUT2D eigenvalue weighted by atomic mass is 9.32. The summed E-state index contributed by atoms with van der Waals surface area (Å²) in [5.41, 5.74) is 20.9. The third-order valence-corrected chi connectivity index (χ3v) is 16.4. The van der Waals surface area contributed by atoms with Crippen molar-refractivity contribution in [2.24, 2.45) is 28.6 Å². The van der Waals surface area contributed by atoms with E-state index < -0.39 is 0 Å². The first kappa shape index (κ1) is 43.1. The van der Waals surface area contributed by atoms with Gasteiger partial charge in [0.15, 0.2) is 0 Å². The molecule has 3 heterocycles. The maximum atomic E-state index is 7.37. The molecule has 326 valence electrons. The maximum absolute atomic E-state index is 7.37. The molecule has 0 bridgehead atoms. The van der Waals surface area contributed by atoms with Gasteiger partial charge in [0, 0.05) is 28.1 Å². The molecular formula is C58H75BN2O. The molecular weight excluding hydrogens is 751 g/mol.